The molecule has 2 amide bonds. The van der Waals surface area contributed by atoms with E-state index in [1.54, 1.807) is 0 Å². The second-order valence-corrected chi connectivity index (χ2v) is 6.47. The zero-order valence-corrected chi connectivity index (χ0v) is 15.0. The van der Waals surface area contributed by atoms with Crippen LogP contribution in [0.1, 0.15) is 22.0 Å². The predicted molar refractivity (Wildman–Crippen MR) is 94.3 cm³/mol. The lowest BCUT2D eigenvalue weighted by atomic mass is 9.77. The van der Waals surface area contributed by atoms with Crippen LogP contribution in [0.2, 0.25) is 0 Å². The molecule has 3 rings (SSSR count). The highest BCUT2D eigenvalue weighted by atomic mass is 19.4. The van der Waals surface area contributed by atoms with Gasteiger partial charge in [-0.2, -0.15) is 13.2 Å². The first-order chi connectivity index (χ1) is 13.6. The fourth-order valence-electron chi connectivity index (χ4n) is 3.28. The number of hydrogen-bond acceptors (Lipinski definition) is 5. The molecule has 154 valence electrons. The van der Waals surface area contributed by atoms with Crippen LogP contribution < -0.4 is 15.4 Å². The molecular weight excluding hydrogens is 393 g/mol. The van der Waals surface area contributed by atoms with E-state index in [4.69, 9.17) is 4.74 Å². The molecule has 1 aliphatic heterocycles. The van der Waals surface area contributed by atoms with Crippen LogP contribution in [-0.4, -0.2) is 41.0 Å². The summed E-state index contributed by atoms with van der Waals surface area (Å²) in [5.41, 5.74) is -4.15. The first kappa shape index (κ1) is 20.5. The van der Waals surface area contributed by atoms with Gasteiger partial charge in [-0.3, -0.25) is 4.79 Å². The number of amides is 2. The number of ether oxygens (including phenoxy) is 1. The van der Waals surface area contributed by atoms with E-state index in [0.29, 0.717) is 5.75 Å². The minimum atomic E-state index is -5.37. The summed E-state index contributed by atoms with van der Waals surface area (Å²) < 4.78 is 46.4. The molecule has 29 heavy (non-hydrogen) atoms. The predicted octanol–water partition coefficient (Wildman–Crippen LogP) is 2.50. The molecule has 1 aliphatic rings. The standard InChI is InChI=1S/C19H17F3N2O5/c1-29-11-8-6-10(7-9-11)16(26)14-15(12-4-2-3-5-13(12)25)23-17(27)24-18(14,28)19(20,21)22/h2-9,14-15,25,28H,1H3,(H2,23,24,27). The molecule has 0 radical (unpaired) electrons. The average Bonchev–Trinajstić information content (AvgIpc) is 2.66. The van der Waals surface area contributed by atoms with Crippen molar-refractivity contribution in [2.75, 3.05) is 7.11 Å². The summed E-state index contributed by atoms with van der Waals surface area (Å²) in [6, 6.07) is 7.58. The fourth-order valence-corrected chi connectivity index (χ4v) is 3.28. The second kappa shape index (κ2) is 7.28. The summed E-state index contributed by atoms with van der Waals surface area (Å²) in [7, 11) is 1.38. The van der Waals surface area contributed by atoms with E-state index in [1.165, 1.54) is 61.0 Å². The molecule has 0 saturated carbocycles. The highest BCUT2D eigenvalue weighted by molar-refractivity contribution is 6.00. The van der Waals surface area contributed by atoms with Gasteiger partial charge >= 0.3 is 12.2 Å². The Hall–Kier alpha value is -3.27. The Balaban J connectivity index is 2.16. The van der Waals surface area contributed by atoms with Gasteiger partial charge in [-0.1, -0.05) is 18.2 Å². The van der Waals surface area contributed by atoms with Gasteiger partial charge in [-0.05, 0) is 30.3 Å². The Morgan fingerprint density at radius 3 is 2.31 bits per heavy atom. The lowest BCUT2D eigenvalue weighted by molar-refractivity contribution is -0.287. The number of ketones is 1. The zero-order chi connectivity index (χ0) is 21.4. The molecule has 1 saturated heterocycles. The molecule has 4 N–H and O–H groups in total. The number of halogens is 3. The smallest absolute Gasteiger partial charge is 0.437 e. The van der Waals surface area contributed by atoms with Gasteiger partial charge in [0, 0.05) is 11.1 Å². The van der Waals surface area contributed by atoms with Crippen molar-refractivity contribution in [1.29, 1.82) is 0 Å². The van der Waals surface area contributed by atoms with Crippen LogP contribution in [0, 0.1) is 5.92 Å². The molecule has 1 heterocycles. The number of aromatic hydroxyl groups is 1. The molecule has 0 aromatic heterocycles. The van der Waals surface area contributed by atoms with E-state index in [2.05, 4.69) is 5.32 Å². The lowest BCUT2D eigenvalue weighted by Gasteiger charge is -2.45. The Morgan fingerprint density at radius 1 is 1.14 bits per heavy atom. The monoisotopic (exact) mass is 410 g/mol. The zero-order valence-electron chi connectivity index (χ0n) is 15.0. The van der Waals surface area contributed by atoms with Crippen molar-refractivity contribution < 1.29 is 37.7 Å². The molecule has 0 spiro atoms. The number of urea groups is 1. The van der Waals surface area contributed by atoms with E-state index in [1.807, 2.05) is 0 Å². The highest BCUT2D eigenvalue weighted by Gasteiger charge is 2.66. The first-order valence-electron chi connectivity index (χ1n) is 8.42. The van der Waals surface area contributed by atoms with Crippen molar-refractivity contribution >= 4 is 11.8 Å². The number of benzene rings is 2. The summed E-state index contributed by atoms with van der Waals surface area (Å²) in [6.45, 7) is 0. The Bertz CT molecular complexity index is 932. The van der Waals surface area contributed by atoms with E-state index in [9.17, 15) is 33.0 Å². The number of rotatable bonds is 4. The molecule has 7 nitrogen and oxygen atoms in total. The summed E-state index contributed by atoms with van der Waals surface area (Å²) >= 11 is 0. The van der Waals surface area contributed by atoms with Crippen LogP contribution in [0.3, 0.4) is 0 Å². The van der Waals surface area contributed by atoms with Gasteiger partial charge in [-0.15, -0.1) is 0 Å². The maximum atomic E-state index is 13.8. The molecule has 0 bridgehead atoms. The van der Waals surface area contributed by atoms with Crippen LogP contribution in [-0.2, 0) is 0 Å². The quantitative estimate of drug-likeness (QED) is 0.580. The third-order valence-electron chi connectivity index (χ3n) is 4.74. The molecule has 2 aromatic carbocycles. The van der Waals surface area contributed by atoms with Gasteiger partial charge in [0.1, 0.15) is 17.4 Å². The van der Waals surface area contributed by atoms with Crippen molar-refractivity contribution in [3.8, 4) is 11.5 Å². The van der Waals surface area contributed by atoms with Gasteiger partial charge in [0.15, 0.2) is 5.78 Å². The van der Waals surface area contributed by atoms with Crippen molar-refractivity contribution in [2.45, 2.75) is 17.9 Å². The van der Waals surface area contributed by atoms with Crippen molar-refractivity contribution in [2.24, 2.45) is 5.92 Å². The van der Waals surface area contributed by atoms with E-state index in [0.717, 1.165) is 0 Å². The number of Topliss-reactive ketones (excluding diaryl/α,β-unsaturated/α-hetero) is 1. The third kappa shape index (κ3) is 3.58. The van der Waals surface area contributed by atoms with Crippen LogP contribution in [0.4, 0.5) is 18.0 Å². The number of carbonyl (C=O) groups is 2. The summed E-state index contributed by atoms with van der Waals surface area (Å²) in [4.78, 5) is 25.0. The first-order valence-corrected chi connectivity index (χ1v) is 8.42. The van der Waals surface area contributed by atoms with Crippen LogP contribution in [0.5, 0.6) is 11.5 Å². The normalized spacial score (nSPS) is 24.4. The Morgan fingerprint density at radius 2 is 1.76 bits per heavy atom. The van der Waals surface area contributed by atoms with Crippen LogP contribution >= 0.6 is 0 Å². The van der Waals surface area contributed by atoms with Gasteiger partial charge < -0.3 is 25.6 Å². The minimum absolute atomic E-state index is 0.142. The topological polar surface area (TPSA) is 108 Å². The second-order valence-electron chi connectivity index (χ2n) is 6.47. The number of phenolic OH excluding ortho intramolecular Hbond substituents is 1. The van der Waals surface area contributed by atoms with Crippen molar-refractivity contribution in [3.63, 3.8) is 0 Å². The largest absolute Gasteiger partial charge is 0.508 e. The molecule has 2 aromatic rings. The van der Waals surface area contributed by atoms with Gasteiger partial charge in [0.2, 0.25) is 5.72 Å². The molecule has 3 atom stereocenters. The number of methoxy groups -OCH3 is 1. The van der Waals surface area contributed by atoms with Gasteiger partial charge in [0.05, 0.1) is 13.2 Å². The molecule has 0 aliphatic carbocycles. The number of hydrogen-bond donors (Lipinski definition) is 4. The summed E-state index contributed by atoms with van der Waals surface area (Å²) in [5.74, 6) is -3.37. The van der Waals surface area contributed by atoms with Crippen LogP contribution in [0.25, 0.3) is 0 Å². The van der Waals surface area contributed by atoms with E-state index in [-0.39, 0.29) is 11.1 Å². The number of nitrogens with one attached hydrogen (secondary N) is 2. The molecule has 10 heteroatoms. The van der Waals surface area contributed by atoms with E-state index < -0.39 is 41.4 Å². The fraction of sp³-hybridized carbons (Fsp3) is 0.263. The average molecular weight is 410 g/mol. The summed E-state index contributed by atoms with van der Waals surface area (Å²) in [5, 5.41) is 24.2. The molecule has 1 fully saturated rings. The highest BCUT2D eigenvalue weighted by Crippen LogP contribution is 2.45. The Labute approximate surface area is 163 Å². The minimum Gasteiger partial charge on any atom is -0.508 e. The number of para-hydroxylation sites is 1. The van der Waals surface area contributed by atoms with Crippen molar-refractivity contribution in [1.82, 2.24) is 10.6 Å². The number of phenols is 1. The number of carbonyl (C=O) groups excluding carboxylic acids is 2. The third-order valence-corrected chi connectivity index (χ3v) is 4.74. The molecule has 3 unspecified atom stereocenters. The molecular formula is C19H17F3N2O5. The van der Waals surface area contributed by atoms with Crippen LogP contribution in [0.15, 0.2) is 48.5 Å². The lowest BCUT2D eigenvalue weighted by Crippen LogP contribution is -2.72. The number of alkyl halides is 3. The van der Waals surface area contributed by atoms with E-state index >= 15 is 0 Å². The summed E-state index contributed by atoms with van der Waals surface area (Å²) in [6.07, 6.45) is -5.37. The SMILES string of the molecule is COc1ccc(C(=O)C2C(c3ccccc3O)NC(=O)NC2(O)C(F)(F)F)cc1. The number of aliphatic hydroxyl groups is 1. The maximum absolute atomic E-state index is 13.8. The maximum Gasteiger partial charge on any atom is 0.437 e. The van der Waals surface area contributed by atoms with Gasteiger partial charge in [0.25, 0.3) is 0 Å². The van der Waals surface area contributed by atoms with Crippen molar-refractivity contribution in [3.05, 3.63) is 59.7 Å². The Kier molecular flexibility index (Phi) is 5.14. The van der Waals surface area contributed by atoms with Gasteiger partial charge in [-0.25, -0.2) is 4.79 Å².